The molecule has 1 heterocycles. The zero-order valence-electron chi connectivity index (χ0n) is 14.0. The Morgan fingerprint density at radius 2 is 2.23 bits per heavy atom. The van der Waals surface area contributed by atoms with Gasteiger partial charge in [0.25, 0.3) is 5.91 Å². The molecule has 2 fully saturated rings. The van der Waals surface area contributed by atoms with E-state index in [1.54, 1.807) is 11.3 Å². The first kappa shape index (κ1) is 15.7. The Morgan fingerprint density at radius 3 is 2.82 bits per heavy atom. The van der Waals surface area contributed by atoms with Crippen molar-refractivity contribution >= 4 is 23.0 Å². The van der Waals surface area contributed by atoms with Crippen LogP contribution in [0.2, 0.25) is 0 Å². The number of aryl methyl sites for hydroxylation is 1. The molecular weight excluding hydrogens is 292 g/mol. The Kier molecular flexibility index (Phi) is 3.92. The molecule has 0 radical (unpaired) electrons. The minimum Gasteiger partial charge on any atom is -0.267 e. The molecule has 22 heavy (non-hydrogen) atoms. The van der Waals surface area contributed by atoms with Gasteiger partial charge in [-0.05, 0) is 43.1 Å². The molecule has 2 aliphatic carbocycles. The lowest BCUT2D eigenvalue weighted by Gasteiger charge is -2.34. The Morgan fingerprint density at radius 1 is 1.45 bits per heavy atom. The van der Waals surface area contributed by atoms with Crippen LogP contribution in [0.5, 0.6) is 0 Å². The van der Waals surface area contributed by atoms with E-state index in [0.29, 0.717) is 11.3 Å². The fourth-order valence-electron chi connectivity index (χ4n) is 4.16. The van der Waals surface area contributed by atoms with Crippen LogP contribution in [-0.4, -0.2) is 11.6 Å². The summed E-state index contributed by atoms with van der Waals surface area (Å²) < 4.78 is 0. The summed E-state index contributed by atoms with van der Waals surface area (Å²) in [7, 11) is 0. The van der Waals surface area contributed by atoms with E-state index >= 15 is 0 Å². The number of amides is 1. The zero-order valence-corrected chi connectivity index (χ0v) is 14.8. The van der Waals surface area contributed by atoms with Crippen LogP contribution in [0.15, 0.2) is 16.5 Å². The second-order valence-electron chi connectivity index (χ2n) is 7.54. The number of hydrogen-bond acceptors (Lipinski definition) is 3. The molecule has 2 aliphatic rings. The number of carbonyl (C=O) groups excluding carboxylic acids is 1. The van der Waals surface area contributed by atoms with Gasteiger partial charge < -0.3 is 0 Å². The van der Waals surface area contributed by atoms with E-state index in [1.807, 2.05) is 11.4 Å². The molecule has 0 saturated heterocycles. The number of carbonyl (C=O) groups is 1. The molecule has 3 rings (SSSR count). The SMILES string of the molecule is CCCc1cc(C(=O)N/N=C2\C[C@@H]3CC[C@@]2(C)C3(C)C)cs1. The molecule has 1 aromatic heterocycles. The van der Waals surface area contributed by atoms with Gasteiger partial charge in [0.2, 0.25) is 0 Å². The van der Waals surface area contributed by atoms with E-state index in [-0.39, 0.29) is 11.3 Å². The molecule has 2 saturated carbocycles. The predicted octanol–water partition coefficient (Wildman–Crippen LogP) is 4.63. The lowest BCUT2D eigenvalue weighted by atomic mass is 9.70. The highest BCUT2D eigenvalue weighted by Gasteiger charge is 2.59. The van der Waals surface area contributed by atoms with Gasteiger partial charge in [0.15, 0.2) is 0 Å². The van der Waals surface area contributed by atoms with Crippen LogP contribution in [-0.2, 0) is 6.42 Å². The number of nitrogens with one attached hydrogen (secondary N) is 1. The average molecular weight is 318 g/mol. The van der Waals surface area contributed by atoms with Crippen LogP contribution in [0.25, 0.3) is 0 Å². The number of rotatable bonds is 4. The first-order valence-electron chi connectivity index (χ1n) is 8.33. The zero-order chi connectivity index (χ0) is 16.0. The molecular formula is C18H26N2OS. The standard InChI is InChI=1S/C18H26N2OS/c1-5-6-14-9-12(11-22-14)16(21)20-19-15-10-13-7-8-18(15,4)17(13,2)3/h9,11,13H,5-8,10H2,1-4H3,(H,20,21)/b19-15+/t13-,18+/m0/s1. The lowest BCUT2D eigenvalue weighted by Crippen LogP contribution is -2.34. The number of hydrogen-bond donors (Lipinski definition) is 1. The van der Waals surface area contributed by atoms with Gasteiger partial charge in [0.1, 0.15) is 0 Å². The second kappa shape index (κ2) is 5.48. The molecule has 1 aromatic rings. The highest BCUT2D eigenvalue weighted by atomic mass is 32.1. The highest BCUT2D eigenvalue weighted by molar-refractivity contribution is 7.10. The summed E-state index contributed by atoms with van der Waals surface area (Å²) in [6, 6.07) is 2.00. The minimum atomic E-state index is -0.0738. The Labute approximate surface area is 137 Å². The Hall–Kier alpha value is -1.16. The largest absolute Gasteiger partial charge is 0.272 e. The van der Waals surface area contributed by atoms with Crippen molar-refractivity contribution in [3.63, 3.8) is 0 Å². The summed E-state index contributed by atoms with van der Waals surface area (Å²) in [6.45, 7) is 9.17. The first-order chi connectivity index (χ1) is 10.4. The van der Waals surface area contributed by atoms with Crippen molar-refractivity contribution in [1.29, 1.82) is 0 Å². The van der Waals surface area contributed by atoms with Crippen LogP contribution in [0, 0.1) is 16.7 Å². The van der Waals surface area contributed by atoms with E-state index < -0.39 is 0 Å². The number of fused-ring (bicyclic) bond motifs is 2. The normalized spacial score (nSPS) is 30.9. The van der Waals surface area contributed by atoms with Crippen molar-refractivity contribution < 1.29 is 4.79 Å². The third kappa shape index (κ3) is 2.32. The molecule has 1 amide bonds. The van der Waals surface area contributed by atoms with Gasteiger partial charge in [-0.2, -0.15) is 5.10 Å². The third-order valence-electron chi connectivity index (χ3n) is 6.22. The average Bonchev–Trinajstić information content (AvgIpc) is 3.07. The van der Waals surface area contributed by atoms with Gasteiger partial charge in [0.05, 0.1) is 5.56 Å². The van der Waals surface area contributed by atoms with E-state index in [0.717, 1.165) is 24.8 Å². The van der Waals surface area contributed by atoms with Crippen molar-refractivity contribution in [3.05, 3.63) is 21.9 Å². The molecule has 1 N–H and O–H groups in total. The fraction of sp³-hybridized carbons (Fsp3) is 0.667. The van der Waals surface area contributed by atoms with Crippen molar-refractivity contribution in [2.24, 2.45) is 21.8 Å². The number of thiophene rings is 1. The van der Waals surface area contributed by atoms with E-state index in [4.69, 9.17) is 0 Å². The van der Waals surface area contributed by atoms with Gasteiger partial charge in [-0.1, -0.05) is 34.1 Å². The van der Waals surface area contributed by atoms with Crippen molar-refractivity contribution in [2.45, 2.75) is 59.8 Å². The summed E-state index contributed by atoms with van der Waals surface area (Å²) >= 11 is 1.66. The molecule has 2 bridgehead atoms. The molecule has 120 valence electrons. The summed E-state index contributed by atoms with van der Waals surface area (Å²) in [4.78, 5) is 13.6. The molecule has 0 spiro atoms. The molecule has 4 heteroatoms. The van der Waals surface area contributed by atoms with E-state index in [9.17, 15) is 4.79 Å². The van der Waals surface area contributed by atoms with E-state index in [2.05, 4.69) is 38.2 Å². The van der Waals surface area contributed by atoms with Crippen molar-refractivity contribution in [3.8, 4) is 0 Å². The highest BCUT2D eigenvalue weighted by Crippen LogP contribution is 2.63. The Bertz CT molecular complexity index is 616. The third-order valence-corrected chi connectivity index (χ3v) is 7.21. The van der Waals surface area contributed by atoms with Crippen molar-refractivity contribution in [2.75, 3.05) is 0 Å². The lowest BCUT2D eigenvalue weighted by molar-refractivity contribution is 0.0954. The summed E-state index contributed by atoms with van der Waals surface area (Å²) in [5.74, 6) is 0.640. The quantitative estimate of drug-likeness (QED) is 0.808. The van der Waals surface area contributed by atoms with Crippen LogP contribution in [0.3, 0.4) is 0 Å². The maximum Gasteiger partial charge on any atom is 0.272 e. The summed E-state index contributed by atoms with van der Waals surface area (Å²) in [6.07, 6.45) is 5.67. The van der Waals surface area contributed by atoms with E-state index in [1.165, 1.54) is 23.4 Å². The van der Waals surface area contributed by atoms with Crippen LogP contribution in [0.1, 0.15) is 68.6 Å². The number of hydrazone groups is 1. The maximum absolute atomic E-state index is 12.3. The molecule has 0 aliphatic heterocycles. The van der Waals surface area contributed by atoms with Crippen LogP contribution >= 0.6 is 11.3 Å². The van der Waals surface area contributed by atoms with Gasteiger partial charge in [0, 0.05) is 21.4 Å². The first-order valence-corrected chi connectivity index (χ1v) is 9.21. The molecule has 0 unspecified atom stereocenters. The van der Waals surface area contributed by atoms with Gasteiger partial charge >= 0.3 is 0 Å². The number of nitrogens with zero attached hydrogens (tertiary/aromatic N) is 1. The van der Waals surface area contributed by atoms with Gasteiger partial charge in [-0.25, -0.2) is 5.43 Å². The van der Waals surface area contributed by atoms with Gasteiger partial charge in [-0.15, -0.1) is 11.3 Å². The Balaban J connectivity index is 1.70. The second-order valence-corrected chi connectivity index (χ2v) is 8.54. The van der Waals surface area contributed by atoms with Gasteiger partial charge in [-0.3, -0.25) is 4.79 Å². The molecule has 0 aromatic carbocycles. The predicted molar refractivity (Wildman–Crippen MR) is 92.4 cm³/mol. The molecule has 2 atom stereocenters. The van der Waals surface area contributed by atoms with Crippen LogP contribution < -0.4 is 5.43 Å². The minimum absolute atomic E-state index is 0.0738. The van der Waals surface area contributed by atoms with Crippen LogP contribution in [0.4, 0.5) is 0 Å². The fourth-order valence-corrected chi connectivity index (χ4v) is 5.13. The summed E-state index contributed by atoms with van der Waals surface area (Å²) in [5.41, 5.74) is 5.17. The molecule has 3 nitrogen and oxygen atoms in total. The monoisotopic (exact) mass is 318 g/mol. The van der Waals surface area contributed by atoms with Crippen molar-refractivity contribution in [1.82, 2.24) is 5.43 Å². The smallest absolute Gasteiger partial charge is 0.267 e. The maximum atomic E-state index is 12.3. The topological polar surface area (TPSA) is 41.5 Å². The summed E-state index contributed by atoms with van der Waals surface area (Å²) in [5, 5.41) is 6.46.